The molecule has 21 heavy (non-hydrogen) atoms. The highest BCUT2D eigenvalue weighted by molar-refractivity contribution is 7.88. The molecule has 0 saturated heterocycles. The number of sulfonamides is 1. The highest BCUT2D eigenvalue weighted by Gasteiger charge is 2.27. The third-order valence-electron chi connectivity index (χ3n) is 3.75. The van der Waals surface area contributed by atoms with Crippen molar-refractivity contribution in [3.63, 3.8) is 0 Å². The Morgan fingerprint density at radius 3 is 2.48 bits per heavy atom. The van der Waals surface area contributed by atoms with Crippen molar-refractivity contribution in [1.29, 1.82) is 0 Å². The number of nitrogens with one attached hydrogen (secondary N) is 1. The average Bonchev–Trinajstić information content (AvgIpc) is 3.21. The topological polar surface area (TPSA) is 72.2 Å². The van der Waals surface area contributed by atoms with Crippen molar-refractivity contribution in [2.75, 3.05) is 0 Å². The lowest BCUT2D eigenvalue weighted by Gasteiger charge is -2.16. The van der Waals surface area contributed by atoms with Crippen molar-refractivity contribution in [2.45, 2.75) is 44.4 Å². The molecule has 1 fully saturated rings. The van der Waals surface area contributed by atoms with Crippen LogP contribution in [0.2, 0.25) is 0 Å². The minimum Gasteiger partial charge on any atom is -0.389 e. The third-order valence-corrected chi connectivity index (χ3v) is 5.39. The molecule has 6 heteroatoms. The maximum Gasteiger partial charge on any atom is 0.216 e. The molecule has 4 nitrogen and oxygen atoms in total. The smallest absolute Gasteiger partial charge is 0.216 e. The molecule has 1 atom stereocenters. The van der Waals surface area contributed by atoms with E-state index in [0.717, 1.165) is 24.0 Å². The summed E-state index contributed by atoms with van der Waals surface area (Å²) in [4.78, 5) is 0.318. The van der Waals surface area contributed by atoms with Gasteiger partial charge in [-0.1, -0.05) is 56.2 Å². The van der Waals surface area contributed by atoms with Crippen molar-refractivity contribution in [3.05, 3.63) is 35.4 Å². The summed E-state index contributed by atoms with van der Waals surface area (Å²) in [5.41, 5.74) is 7.02. The summed E-state index contributed by atoms with van der Waals surface area (Å²) in [7, 11) is -3.31. The van der Waals surface area contributed by atoms with E-state index in [1.54, 1.807) is 24.3 Å². The Labute approximate surface area is 132 Å². The Bertz CT molecular complexity index is 593. The second-order valence-electron chi connectivity index (χ2n) is 5.72. The monoisotopic (exact) mass is 326 g/mol. The van der Waals surface area contributed by atoms with Crippen LogP contribution >= 0.6 is 12.2 Å². The first kappa shape index (κ1) is 16.4. The van der Waals surface area contributed by atoms with Gasteiger partial charge in [0.2, 0.25) is 10.0 Å². The van der Waals surface area contributed by atoms with Gasteiger partial charge in [0, 0.05) is 11.6 Å². The van der Waals surface area contributed by atoms with Crippen LogP contribution < -0.4 is 10.5 Å². The summed E-state index contributed by atoms with van der Waals surface area (Å²) in [6, 6.07) is 7.09. The highest BCUT2D eigenvalue weighted by Crippen LogP contribution is 2.34. The molecule has 1 saturated carbocycles. The summed E-state index contributed by atoms with van der Waals surface area (Å²) in [5, 5.41) is 0. The van der Waals surface area contributed by atoms with Crippen LogP contribution in [0.1, 0.15) is 43.7 Å². The lowest BCUT2D eigenvalue weighted by molar-refractivity contribution is 0.495. The Morgan fingerprint density at radius 1 is 1.38 bits per heavy atom. The number of thiocarbonyl (C=S) groups is 1. The first-order valence-electron chi connectivity index (χ1n) is 7.28. The third kappa shape index (κ3) is 5.37. The predicted octanol–water partition coefficient (Wildman–Crippen LogP) is 2.32. The van der Waals surface area contributed by atoms with Gasteiger partial charge in [-0.3, -0.25) is 0 Å². The van der Waals surface area contributed by atoms with Crippen LogP contribution in [0.3, 0.4) is 0 Å². The lowest BCUT2D eigenvalue weighted by Crippen LogP contribution is -2.35. The molecule has 116 valence electrons. The second-order valence-corrected chi connectivity index (χ2v) is 7.92. The zero-order valence-corrected chi connectivity index (χ0v) is 13.8. The molecular weight excluding hydrogens is 304 g/mol. The van der Waals surface area contributed by atoms with E-state index < -0.39 is 10.0 Å². The fourth-order valence-electron chi connectivity index (χ4n) is 2.33. The van der Waals surface area contributed by atoms with E-state index in [4.69, 9.17) is 18.0 Å². The maximum absolute atomic E-state index is 12.2. The SMILES string of the molecule is CCC(CC1CC1)NS(=O)(=O)Cc1ccc(C(N)=S)cc1. The van der Waals surface area contributed by atoms with Gasteiger partial charge in [-0.2, -0.15) is 0 Å². The van der Waals surface area contributed by atoms with E-state index in [0.29, 0.717) is 10.9 Å². The number of rotatable bonds is 8. The van der Waals surface area contributed by atoms with E-state index in [1.807, 2.05) is 6.92 Å². The largest absolute Gasteiger partial charge is 0.389 e. The van der Waals surface area contributed by atoms with Gasteiger partial charge in [0.15, 0.2) is 0 Å². The minimum atomic E-state index is -3.31. The Balaban J connectivity index is 1.97. The molecule has 0 amide bonds. The van der Waals surface area contributed by atoms with Gasteiger partial charge >= 0.3 is 0 Å². The first-order valence-corrected chi connectivity index (χ1v) is 9.34. The highest BCUT2D eigenvalue weighted by atomic mass is 32.2. The van der Waals surface area contributed by atoms with E-state index in [9.17, 15) is 8.42 Å². The number of nitrogens with two attached hydrogens (primary N) is 1. The Morgan fingerprint density at radius 2 is 2.00 bits per heavy atom. The molecule has 1 aliphatic carbocycles. The average molecular weight is 326 g/mol. The van der Waals surface area contributed by atoms with Crippen molar-refractivity contribution in [3.8, 4) is 0 Å². The maximum atomic E-state index is 12.2. The standard InChI is InChI=1S/C15H22N2O2S2/c1-2-14(9-11-3-4-11)17-21(18,19)10-12-5-7-13(8-6-12)15(16)20/h5-8,11,14,17H,2-4,9-10H2,1H3,(H2,16,20). The van der Waals surface area contributed by atoms with Gasteiger partial charge in [-0.25, -0.2) is 13.1 Å². The molecule has 1 unspecified atom stereocenters. The molecule has 2 rings (SSSR count). The van der Waals surface area contributed by atoms with E-state index in [1.165, 1.54) is 12.8 Å². The molecular formula is C15H22N2O2S2. The normalized spacial score (nSPS) is 16.6. The molecule has 3 N–H and O–H groups in total. The number of benzene rings is 1. The summed E-state index contributed by atoms with van der Waals surface area (Å²) in [6.45, 7) is 2.02. The zero-order valence-electron chi connectivity index (χ0n) is 12.2. The van der Waals surface area contributed by atoms with Crippen LogP contribution in [-0.4, -0.2) is 19.4 Å². The second kappa shape index (κ2) is 6.85. The Kier molecular flexibility index (Phi) is 5.35. The number of hydrogen-bond acceptors (Lipinski definition) is 3. The molecule has 1 aromatic rings. The summed E-state index contributed by atoms with van der Waals surface area (Å²) >= 11 is 4.88. The van der Waals surface area contributed by atoms with Crippen molar-refractivity contribution >= 4 is 27.2 Å². The lowest BCUT2D eigenvalue weighted by atomic mass is 10.1. The van der Waals surface area contributed by atoms with E-state index in [-0.39, 0.29) is 11.8 Å². The van der Waals surface area contributed by atoms with E-state index in [2.05, 4.69) is 4.72 Å². The fraction of sp³-hybridized carbons (Fsp3) is 0.533. The zero-order chi connectivity index (χ0) is 15.5. The van der Waals surface area contributed by atoms with Gasteiger partial charge < -0.3 is 5.73 Å². The van der Waals surface area contributed by atoms with Crippen LogP contribution in [-0.2, 0) is 15.8 Å². The van der Waals surface area contributed by atoms with Crippen molar-refractivity contribution < 1.29 is 8.42 Å². The first-order chi connectivity index (χ1) is 9.89. The van der Waals surface area contributed by atoms with Gasteiger partial charge in [-0.15, -0.1) is 0 Å². The van der Waals surface area contributed by atoms with Crippen LogP contribution in [0.25, 0.3) is 0 Å². The molecule has 0 aliphatic heterocycles. The van der Waals surface area contributed by atoms with Crippen molar-refractivity contribution in [1.82, 2.24) is 4.72 Å². The molecule has 0 heterocycles. The van der Waals surface area contributed by atoms with Crippen molar-refractivity contribution in [2.24, 2.45) is 11.7 Å². The molecule has 0 radical (unpaired) electrons. The molecule has 0 aromatic heterocycles. The molecule has 1 aliphatic rings. The van der Waals surface area contributed by atoms with E-state index >= 15 is 0 Å². The minimum absolute atomic E-state index is 0.00815. The van der Waals surface area contributed by atoms with Gasteiger partial charge in [0.05, 0.1) is 5.75 Å². The summed E-state index contributed by atoms with van der Waals surface area (Å²) < 4.78 is 27.3. The number of hydrogen-bond donors (Lipinski definition) is 2. The van der Waals surface area contributed by atoms with Gasteiger partial charge in [0.25, 0.3) is 0 Å². The molecule has 1 aromatic carbocycles. The predicted molar refractivity (Wildman–Crippen MR) is 89.5 cm³/mol. The quantitative estimate of drug-likeness (QED) is 0.719. The van der Waals surface area contributed by atoms with Crippen LogP contribution in [0.15, 0.2) is 24.3 Å². The van der Waals surface area contributed by atoms with Crippen LogP contribution in [0.5, 0.6) is 0 Å². The van der Waals surface area contributed by atoms with Crippen LogP contribution in [0, 0.1) is 5.92 Å². The van der Waals surface area contributed by atoms with Gasteiger partial charge in [-0.05, 0) is 24.3 Å². The summed E-state index contributed by atoms with van der Waals surface area (Å²) in [6.07, 6.45) is 4.25. The Hall–Kier alpha value is -0.980. The molecule has 0 spiro atoms. The van der Waals surface area contributed by atoms with Gasteiger partial charge in [0.1, 0.15) is 4.99 Å². The fourth-order valence-corrected chi connectivity index (χ4v) is 3.96. The summed E-state index contributed by atoms with van der Waals surface area (Å²) in [5.74, 6) is 0.702. The van der Waals surface area contributed by atoms with Crippen LogP contribution in [0.4, 0.5) is 0 Å². The molecule has 0 bridgehead atoms.